The van der Waals surface area contributed by atoms with E-state index in [-0.39, 0.29) is 23.5 Å². The van der Waals surface area contributed by atoms with Crippen LogP contribution in [0.3, 0.4) is 0 Å². The lowest BCUT2D eigenvalue weighted by molar-refractivity contribution is -0.118. The summed E-state index contributed by atoms with van der Waals surface area (Å²) in [6.07, 6.45) is 1.06. The van der Waals surface area contributed by atoms with Crippen molar-refractivity contribution in [3.63, 3.8) is 0 Å². The monoisotopic (exact) mass is 245 g/mol. The van der Waals surface area contributed by atoms with E-state index in [4.69, 9.17) is 0 Å². The van der Waals surface area contributed by atoms with Gasteiger partial charge in [0.2, 0.25) is 5.91 Å². The first-order chi connectivity index (χ1) is 7.32. The molecule has 0 radical (unpaired) electrons. The molecule has 1 rings (SSSR count). The van der Waals surface area contributed by atoms with Gasteiger partial charge in [0.25, 0.3) is 0 Å². The van der Waals surface area contributed by atoms with Crippen molar-refractivity contribution in [1.82, 2.24) is 5.32 Å². The molecule has 1 aliphatic rings. The van der Waals surface area contributed by atoms with Crippen LogP contribution in [0.25, 0.3) is 0 Å². The molecule has 0 aromatic carbocycles. The number of carbonyl (C=O) groups excluding carboxylic acids is 1. The van der Waals surface area contributed by atoms with Gasteiger partial charge in [-0.3, -0.25) is 4.79 Å². The molecule has 1 amide bonds. The molecule has 5 heteroatoms. The first-order valence-electron chi connectivity index (χ1n) is 5.47. The van der Waals surface area contributed by atoms with Crippen LogP contribution in [0.15, 0.2) is 11.1 Å². The smallest absolute Gasteiger partial charge is 0.247 e. The van der Waals surface area contributed by atoms with Crippen molar-refractivity contribution in [2.75, 3.05) is 11.5 Å². The molecule has 0 atom stereocenters. The van der Waals surface area contributed by atoms with Gasteiger partial charge >= 0.3 is 0 Å². The van der Waals surface area contributed by atoms with Crippen LogP contribution in [-0.2, 0) is 14.6 Å². The molecule has 92 valence electrons. The second-order valence-corrected chi connectivity index (χ2v) is 6.83. The summed E-state index contributed by atoms with van der Waals surface area (Å²) in [7, 11) is -2.85. The summed E-state index contributed by atoms with van der Waals surface area (Å²) < 4.78 is 22.4. The summed E-state index contributed by atoms with van der Waals surface area (Å²) in [6.45, 7) is 5.56. The zero-order chi connectivity index (χ0) is 12.3. The van der Waals surface area contributed by atoms with E-state index >= 15 is 0 Å². The van der Waals surface area contributed by atoms with Crippen LogP contribution in [0.1, 0.15) is 33.6 Å². The molecule has 1 fully saturated rings. The van der Waals surface area contributed by atoms with Gasteiger partial charge in [-0.05, 0) is 33.6 Å². The maximum absolute atomic E-state index is 11.7. The fourth-order valence-corrected chi connectivity index (χ4v) is 3.05. The number of nitrogens with one attached hydrogen (secondary N) is 1. The summed E-state index contributed by atoms with van der Waals surface area (Å²) in [5.74, 6) is 0.293. The molecule has 0 saturated carbocycles. The Morgan fingerprint density at radius 2 is 1.62 bits per heavy atom. The lowest BCUT2D eigenvalue weighted by atomic mass is 10.1. The number of sulfone groups is 1. The van der Waals surface area contributed by atoms with Crippen molar-refractivity contribution < 1.29 is 13.2 Å². The number of carbonyl (C=O) groups is 1. The highest BCUT2D eigenvalue weighted by Gasteiger charge is 2.24. The minimum absolute atomic E-state index is 0.00493. The third-order valence-electron chi connectivity index (χ3n) is 2.98. The lowest BCUT2D eigenvalue weighted by Gasteiger charge is -2.23. The maximum atomic E-state index is 11.7. The van der Waals surface area contributed by atoms with Gasteiger partial charge in [-0.2, -0.15) is 0 Å². The lowest BCUT2D eigenvalue weighted by Crippen LogP contribution is -2.41. The summed E-state index contributed by atoms with van der Waals surface area (Å²) in [5, 5.41) is 2.88. The van der Waals surface area contributed by atoms with E-state index < -0.39 is 9.84 Å². The number of rotatable bonds is 2. The van der Waals surface area contributed by atoms with Gasteiger partial charge in [0.05, 0.1) is 11.5 Å². The van der Waals surface area contributed by atoms with E-state index in [0.717, 1.165) is 5.57 Å². The van der Waals surface area contributed by atoms with Gasteiger partial charge < -0.3 is 5.32 Å². The molecule has 16 heavy (non-hydrogen) atoms. The molecule has 1 heterocycles. The molecule has 0 aromatic heterocycles. The molecular weight excluding hydrogens is 226 g/mol. The molecule has 4 nitrogen and oxygen atoms in total. The number of allylic oxidation sites excluding steroid dienone is 1. The zero-order valence-electron chi connectivity index (χ0n) is 10.0. The highest BCUT2D eigenvalue weighted by Crippen LogP contribution is 2.13. The Morgan fingerprint density at radius 1 is 1.12 bits per heavy atom. The second kappa shape index (κ2) is 4.99. The molecular formula is C11H19NO3S. The van der Waals surface area contributed by atoms with Crippen LogP contribution in [0.2, 0.25) is 0 Å². The van der Waals surface area contributed by atoms with Crippen molar-refractivity contribution in [2.45, 2.75) is 39.7 Å². The standard InChI is InChI=1S/C11H19NO3S/c1-8(2)9(3)11(13)12-10-4-6-16(14,15)7-5-10/h10H,4-7H2,1-3H3,(H,12,13). The first-order valence-corrected chi connectivity index (χ1v) is 7.29. The molecule has 0 unspecified atom stereocenters. The normalized spacial score (nSPS) is 20.2. The zero-order valence-corrected chi connectivity index (χ0v) is 10.9. The molecule has 0 aliphatic carbocycles. The average Bonchev–Trinajstić information content (AvgIpc) is 2.19. The van der Waals surface area contributed by atoms with Crippen LogP contribution in [0, 0.1) is 0 Å². The Kier molecular flexibility index (Phi) is 4.13. The van der Waals surface area contributed by atoms with Crippen molar-refractivity contribution in [3.8, 4) is 0 Å². The third-order valence-corrected chi connectivity index (χ3v) is 4.70. The van der Waals surface area contributed by atoms with Crippen LogP contribution in [0.5, 0.6) is 0 Å². The number of amides is 1. The molecule has 0 spiro atoms. The van der Waals surface area contributed by atoms with E-state index in [1.165, 1.54) is 0 Å². The van der Waals surface area contributed by atoms with E-state index in [1.54, 1.807) is 6.92 Å². The molecule has 1 N–H and O–H groups in total. The second-order valence-electron chi connectivity index (χ2n) is 4.52. The Hall–Kier alpha value is -0.840. The van der Waals surface area contributed by atoms with Crippen LogP contribution < -0.4 is 5.32 Å². The average molecular weight is 245 g/mol. The molecule has 1 saturated heterocycles. The summed E-state index contributed by atoms with van der Waals surface area (Å²) in [5.41, 5.74) is 1.70. The van der Waals surface area contributed by atoms with Crippen molar-refractivity contribution in [2.24, 2.45) is 0 Å². The van der Waals surface area contributed by atoms with Gasteiger partial charge in [0.1, 0.15) is 9.84 Å². The largest absolute Gasteiger partial charge is 0.350 e. The summed E-state index contributed by atoms with van der Waals surface area (Å²) in [6, 6.07) is 0.00493. The van der Waals surface area contributed by atoms with Gasteiger partial charge in [0.15, 0.2) is 0 Å². The van der Waals surface area contributed by atoms with Gasteiger partial charge in [0, 0.05) is 11.6 Å². The maximum Gasteiger partial charge on any atom is 0.247 e. The molecule has 1 aliphatic heterocycles. The van der Waals surface area contributed by atoms with E-state index in [9.17, 15) is 13.2 Å². The Balaban J connectivity index is 2.52. The SMILES string of the molecule is CC(C)=C(C)C(=O)NC1CCS(=O)(=O)CC1. The predicted molar refractivity (Wildman–Crippen MR) is 63.9 cm³/mol. The minimum atomic E-state index is -2.85. The van der Waals surface area contributed by atoms with E-state index in [1.807, 2.05) is 13.8 Å². The Bertz CT molecular complexity index is 391. The van der Waals surface area contributed by atoms with Crippen LogP contribution in [0.4, 0.5) is 0 Å². The first kappa shape index (κ1) is 13.2. The Morgan fingerprint density at radius 3 is 2.06 bits per heavy atom. The van der Waals surface area contributed by atoms with Crippen molar-refractivity contribution in [3.05, 3.63) is 11.1 Å². The fraction of sp³-hybridized carbons (Fsp3) is 0.727. The van der Waals surface area contributed by atoms with Gasteiger partial charge in [-0.1, -0.05) is 5.57 Å². The third kappa shape index (κ3) is 3.63. The van der Waals surface area contributed by atoms with Crippen molar-refractivity contribution in [1.29, 1.82) is 0 Å². The van der Waals surface area contributed by atoms with E-state index in [2.05, 4.69) is 5.32 Å². The quantitative estimate of drug-likeness (QED) is 0.739. The summed E-state index contributed by atoms with van der Waals surface area (Å²) >= 11 is 0. The van der Waals surface area contributed by atoms with E-state index in [0.29, 0.717) is 18.4 Å². The molecule has 0 aromatic rings. The van der Waals surface area contributed by atoms with Crippen LogP contribution >= 0.6 is 0 Å². The molecule has 0 bridgehead atoms. The number of hydrogen-bond acceptors (Lipinski definition) is 3. The van der Waals surface area contributed by atoms with Crippen LogP contribution in [-0.4, -0.2) is 31.9 Å². The topological polar surface area (TPSA) is 63.2 Å². The minimum Gasteiger partial charge on any atom is -0.350 e. The highest BCUT2D eigenvalue weighted by atomic mass is 32.2. The Labute approximate surface area is 97.0 Å². The fourth-order valence-electron chi connectivity index (χ4n) is 1.56. The van der Waals surface area contributed by atoms with Gasteiger partial charge in [-0.25, -0.2) is 8.42 Å². The van der Waals surface area contributed by atoms with Gasteiger partial charge in [-0.15, -0.1) is 0 Å². The highest BCUT2D eigenvalue weighted by molar-refractivity contribution is 7.91. The van der Waals surface area contributed by atoms with Crippen molar-refractivity contribution >= 4 is 15.7 Å². The number of hydrogen-bond donors (Lipinski definition) is 1. The summed E-state index contributed by atoms with van der Waals surface area (Å²) in [4.78, 5) is 11.7. The predicted octanol–water partition coefficient (Wildman–Crippen LogP) is 1.04.